The summed E-state index contributed by atoms with van der Waals surface area (Å²) in [6, 6.07) is 13.6. The largest absolute Gasteiger partial charge is 0.339 e. The Bertz CT molecular complexity index is 1000. The van der Waals surface area contributed by atoms with Crippen molar-refractivity contribution in [2.24, 2.45) is 0 Å². The Morgan fingerprint density at radius 3 is 2.31 bits per heavy atom. The molecule has 7 nitrogen and oxygen atoms in total. The minimum atomic E-state index is -3.66. The molecule has 1 N–H and O–H groups in total. The number of anilines is 2. The summed E-state index contributed by atoms with van der Waals surface area (Å²) in [7, 11) is -3.66. The van der Waals surface area contributed by atoms with E-state index in [0.29, 0.717) is 30.0 Å². The number of halogens is 1. The summed E-state index contributed by atoms with van der Waals surface area (Å²) in [6.07, 6.45) is 3.00. The lowest BCUT2D eigenvalue weighted by molar-refractivity contribution is -0.114. The number of hydrogen-bond acceptors (Lipinski definition) is 4. The zero-order valence-electron chi connectivity index (χ0n) is 16.0. The molecule has 0 radical (unpaired) electrons. The first kappa shape index (κ1) is 21.6. The number of amides is 2. The van der Waals surface area contributed by atoms with E-state index >= 15 is 0 Å². The number of nitrogens with zero attached hydrogens (tertiary/aromatic N) is 2. The van der Waals surface area contributed by atoms with Crippen molar-refractivity contribution in [1.29, 1.82) is 0 Å². The number of nitrogens with one attached hydrogen (secondary N) is 1. The highest BCUT2D eigenvalue weighted by Gasteiger charge is 2.24. The highest BCUT2D eigenvalue weighted by atomic mass is 127. The molecule has 0 aliphatic carbocycles. The number of carbonyl (C=O) groups excluding carboxylic acids is 2. The summed E-state index contributed by atoms with van der Waals surface area (Å²) in [4.78, 5) is 27.2. The van der Waals surface area contributed by atoms with Gasteiger partial charge in [0.2, 0.25) is 15.9 Å². The fourth-order valence-electron chi connectivity index (χ4n) is 3.20. The van der Waals surface area contributed by atoms with Gasteiger partial charge in [-0.15, -0.1) is 0 Å². The van der Waals surface area contributed by atoms with Gasteiger partial charge in [0.1, 0.15) is 6.54 Å². The molecule has 2 amide bonds. The molecule has 154 valence electrons. The summed E-state index contributed by atoms with van der Waals surface area (Å²) >= 11 is 2.12. The second kappa shape index (κ2) is 9.12. The van der Waals surface area contributed by atoms with Crippen LogP contribution in [-0.2, 0) is 14.8 Å². The Labute approximate surface area is 184 Å². The smallest absolute Gasteiger partial charge is 0.255 e. The van der Waals surface area contributed by atoms with Crippen LogP contribution in [-0.4, -0.2) is 51.0 Å². The lowest BCUT2D eigenvalue weighted by atomic mass is 10.1. The average Bonchev–Trinajstić information content (AvgIpc) is 3.21. The number of rotatable bonds is 6. The van der Waals surface area contributed by atoms with Crippen molar-refractivity contribution in [3.63, 3.8) is 0 Å². The average molecular weight is 527 g/mol. The van der Waals surface area contributed by atoms with Gasteiger partial charge in [-0.1, -0.05) is 12.1 Å². The van der Waals surface area contributed by atoms with Gasteiger partial charge in [0.15, 0.2) is 0 Å². The Morgan fingerprint density at radius 1 is 1.07 bits per heavy atom. The van der Waals surface area contributed by atoms with Gasteiger partial charge < -0.3 is 10.2 Å². The van der Waals surface area contributed by atoms with Gasteiger partial charge in [-0.2, -0.15) is 0 Å². The number of hydrogen-bond donors (Lipinski definition) is 1. The number of likely N-dealkylation sites (tertiary alicyclic amines) is 1. The van der Waals surface area contributed by atoms with Crippen molar-refractivity contribution in [2.75, 3.05) is 35.5 Å². The molecule has 0 unspecified atom stereocenters. The normalized spacial score (nSPS) is 13.9. The molecule has 2 aromatic carbocycles. The summed E-state index contributed by atoms with van der Waals surface area (Å²) in [5.41, 5.74) is 1.19. The lowest BCUT2D eigenvalue weighted by Gasteiger charge is -2.22. The van der Waals surface area contributed by atoms with Crippen LogP contribution in [0.1, 0.15) is 23.2 Å². The van der Waals surface area contributed by atoms with Gasteiger partial charge in [0.25, 0.3) is 5.91 Å². The molecule has 9 heteroatoms. The van der Waals surface area contributed by atoms with E-state index in [1.807, 2.05) is 0 Å². The van der Waals surface area contributed by atoms with Crippen molar-refractivity contribution >= 4 is 55.8 Å². The van der Waals surface area contributed by atoms with Gasteiger partial charge in [0, 0.05) is 16.7 Å². The Balaban J connectivity index is 1.79. The molecule has 0 saturated carbocycles. The third-order valence-corrected chi connectivity index (χ3v) is 6.49. The minimum absolute atomic E-state index is 0.129. The van der Waals surface area contributed by atoms with Gasteiger partial charge >= 0.3 is 0 Å². The van der Waals surface area contributed by atoms with Crippen molar-refractivity contribution in [3.8, 4) is 0 Å². The molecular weight excluding hydrogens is 505 g/mol. The molecule has 0 spiro atoms. The maximum absolute atomic E-state index is 12.8. The predicted octanol–water partition coefficient (Wildman–Crippen LogP) is 2.93. The van der Waals surface area contributed by atoms with Crippen molar-refractivity contribution < 1.29 is 18.0 Å². The van der Waals surface area contributed by atoms with Crippen LogP contribution in [0.4, 0.5) is 11.4 Å². The third-order valence-electron chi connectivity index (χ3n) is 4.63. The number of benzene rings is 2. The highest BCUT2D eigenvalue weighted by Crippen LogP contribution is 2.22. The van der Waals surface area contributed by atoms with Gasteiger partial charge in [-0.05, 0) is 71.8 Å². The second-order valence-electron chi connectivity index (χ2n) is 6.84. The third kappa shape index (κ3) is 5.47. The fraction of sp³-hybridized carbons (Fsp3) is 0.300. The van der Waals surface area contributed by atoms with E-state index in [0.717, 1.165) is 27.0 Å². The Morgan fingerprint density at radius 2 is 1.69 bits per heavy atom. The first-order chi connectivity index (χ1) is 13.8. The van der Waals surface area contributed by atoms with E-state index in [1.165, 1.54) is 0 Å². The van der Waals surface area contributed by atoms with Crippen molar-refractivity contribution in [3.05, 3.63) is 57.7 Å². The topological polar surface area (TPSA) is 86.8 Å². The highest BCUT2D eigenvalue weighted by molar-refractivity contribution is 14.1. The van der Waals surface area contributed by atoms with Crippen LogP contribution in [0.2, 0.25) is 0 Å². The summed E-state index contributed by atoms with van der Waals surface area (Å²) in [5.74, 6) is -0.647. The van der Waals surface area contributed by atoms with E-state index < -0.39 is 15.9 Å². The van der Waals surface area contributed by atoms with Crippen LogP contribution in [0.3, 0.4) is 0 Å². The minimum Gasteiger partial charge on any atom is -0.339 e. The molecule has 2 aromatic rings. The van der Waals surface area contributed by atoms with E-state index in [9.17, 15) is 18.0 Å². The van der Waals surface area contributed by atoms with Gasteiger partial charge in [0.05, 0.1) is 23.2 Å². The maximum atomic E-state index is 12.8. The number of carbonyl (C=O) groups is 2. The van der Waals surface area contributed by atoms with E-state index in [1.54, 1.807) is 53.4 Å². The van der Waals surface area contributed by atoms with Crippen LogP contribution < -0.4 is 9.62 Å². The predicted molar refractivity (Wildman–Crippen MR) is 122 cm³/mol. The Hall–Kier alpha value is -2.14. The first-order valence-corrected chi connectivity index (χ1v) is 12.1. The molecule has 1 saturated heterocycles. The van der Waals surface area contributed by atoms with E-state index in [-0.39, 0.29) is 12.5 Å². The van der Waals surface area contributed by atoms with Crippen molar-refractivity contribution in [1.82, 2.24) is 4.90 Å². The van der Waals surface area contributed by atoms with E-state index in [4.69, 9.17) is 0 Å². The lowest BCUT2D eigenvalue weighted by Crippen LogP contribution is -2.38. The molecule has 0 aromatic heterocycles. The standard InChI is InChI=1S/C20H22IN3O4S/c1-29(27,28)24(16-10-8-15(21)9-11-16)14-19(25)22-18-7-3-2-6-17(18)20(26)23-12-4-5-13-23/h2-3,6-11H,4-5,12-14H2,1H3,(H,22,25). The van der Waals surface area contributed by atoms with Crippen LogP contribution in [0.15, 0.2) is 48.5 Å². The summed E-state index contributed by atoms with van der Waals surface area (Å²) in [6.45, 7) is 1.03. The molecule has 1 heterocycles. The van der Waals surface area contributed by atoms with Crippen LogP contribution >= 0.6 is 22.6 Å². The zero-order valence-corrected chi connectivity index (χ0v) is 18.9. The van der Waals surface area contributed by atoms with Gasteiger partial charge in [-0.3, -0.25) is 13.9 Å². The van der Waals surface area contributed by atoms with E-state index in [2.05, 4.69) is 27.9 Å². The molecule has 1 aliphatic heterocycles. The fourth-order valence-corrected chi connectivity index (χ4v) is 4.41. The quantitative estimate of drug-likeness (QED) is 0.586. The molecule has 1 aliphatic rings. The molecule has 29 heavy (non-hydrogen) atoms. The zero-order chi connectivity index (χ0) is 21.0. The number of sulfonamides is 1. The SMILES string of the molecule is CS(=O)(=O)N(CC(=O)Nc1ccccc1C(=O)N1CCCC1)c1ccc(I)cc1. The van der Waals surface area contributed by atoms with Crippen LogP contribution in [0, 0.1) is 3.57 Å². The maximum Gasteiger partial charge on any atom is 0.255 e. The summed E-state index contributed by atoms with van der Waals surface area (Å²) < 4.78 is 26.5. The molecular formula is C20H22IN3O4S. The first-order valence-electron chi connectivity index (χ1n) is 9.17. The van der Waals surface area contributed by atoms with Gasteiger partial charge in [-0.25, -0.2) is 8.42 Å². The summed E-state index contributed by atoms with van der Waals surface area (Å²) in [5, 5.41) is 2.70. The molecule has 3 rings (SSSR count). The second-order valence-corrected chi connectivity index (χ2v) is 9.99. The number of para-hydroxylation sites is 1. The molecule has 0 atom stereocenters. The van der Waals surface area contributed by atoms with Crippen molar-refractivity contribution in [2.45, 2.75) is 12.8 Å². The Kier molecular flexibility index (Phi) is 6.78. The van der Waals surface area contributed by atoms with Crippen LogP contribution in [0.5, 0.6) is 0 Å². The van der Waals surface area contributed by atoms with Crippen LogP contribution in [0.25, 0.3) is 0 Å². The molecule has 0 bridgehead atoms. The monoisotopic (exact) mass is 527 g/mol. The molecule has 1 fully saturated rings.